The van der Waals surface area contributed by atoms with Crippen LogP contribution in [0.25, 0.3) is 11.0 Å². The lowest BCUT2D eigenvalue weighted by atomic mass is 10.3. The maximum Gasteiger partial charge on any atom is 0.224 e. The molecule has 0 aliphatic carbocycles. The van der Waals surface area contributed by atoms with Crippen LogP contribution in [-0.2, 0) is 9.47 Å². The van der Waals surface area contributed by atoms with Gasteiger partial charge in [0.15, 0.2) is 5.65 Å². The van der Waals surface area contributed by atoms with E-state index in [1.165, 1.54) is 0 Å². The first-order valence-electron chi connectivity index (χ1n) is 7.13. The smallest absolute Gasteiger partial charge is 0.224 e. The highest BCUT2D eigenvalue weighted by atomic mass is 16.5. The van der Waals surface area contributed by atoms with Crippen LogP contribution in [0.2, 0.25) is 0 Å². The molecular weight excluding hydrogens is 272 g/mol. The number of anilines is 2. The van der Waals surface area contributed by atoms with Crippen molar-refractivity contribution in [2.75, 3.05) is 50.2 Å². The number of rotatable bonds is 9. The van der Waals surface area contributed by atoms with Crippen LogP contribution in [0.1, 0.15) is 13.8 Å². The Morgan fingerprint density at radius 3 is 2.43 bits per heavy atom. The molecule has 0 saturated heterocycles. The van der Waals surface area contributed by atoms with E-state index < -0.39 is 0 Å². The molecule has 0 saturated carbocycles. The third-order valence-electron chi connectivity index (χ3n) is 3.03. The number of nitrogens with zero attached hydrogens (tertiary/aromatic N) is 4. The Morgan fingerprint density at radius 1 is 1.14 bits per heavy atom. The maximum atomic E-state index is 5.77. The molecule has 0 fully saturated rings. The zero-order chi connectivity index (χ0) is 15.1. The number of fused-ring (bicyclic) bond motifs is 1. The molecule has 0 aliphatic heterocycles. The summed E-state index contributed by atoms with van der Waals surface area (Å²) in [5.41, 5.74) is 6.41. The Labute approximate surface area is 123 Å². The van der Waals surface area contributed by atoms with Crippen molar-refractivity contribution in [3.63, 3.8) is 0 Å². The molecule has 0 spiro atoms. The summed E-state index contributed by atoms with van der Waals surface area (Å²) in [7, 11) is 0. The summed E-state index contributed by atoms with van der Waals surface area (Å²) in [6.45, 7) is 7.97. The number of nitrogens with one attached hydrogen (secondary N) is 1. The van der Waals surface area contributed by atoms with Crippen LogP contribution in [0.5, 0.6) is 0 Å². The molecule has 8 nitrogen and oxygen atoms in total. The van der Waals surface area contributed by atoms with E-state index in [0.717, 1.165) is 11.2 Å². The largest absolute Gasteiger partial charge is 0.380 e. The van der Waals surface area contributed by atoms with Gasteiger partial charge >= 0.3 is 0 Å². The second-order valence-electron chi connectivity index (χ2n) is 4.42. The zero-order valence-corrected chi connectivity index (χ0v) is 12.5. The summed E-state index contributed by atoms with van der Waals surface area (Å²) in [5, 5.41) is 7.67. The molecule has 2 rings (SSSR count). The number of aromatic nitrogens is 4. The van der Waals surface area contributed by atoms with Gasteiger partial charge in [-0.05, 0) is 13.8 Å². The Balaban J connectivity index is 2.21. The van der Waals surface area contributed by atoms with Gasteiger partial charge in [-0.15, -0.1) is 0 Å². The number of nitrogens with two attached hydrogens (primary N) is 1. The van der Waals surface area contributed by atoms with Gasteiger partial charge in [-0.25, -0.2) is 0 Å². The molecule has 0 unspecified atom stereocenters. The monoisotopic (exact) mass is 294 g/mol. The van der Waals surface area contributed by atoms with Crippen LogP contribution in [0.3, 0.4) is 0 Å². The number of hydrogen-bond acceptors (Lipinski definition) is 7. The molecule has 2 heterocycles. The highest BCUT2D eigenvalue weighted by molar-refractivity contribution is 5.87. The lowest BCUT2D eigenvalue weighted by Crippen LogP contribution is -2.32. The van der Waals surface area contributed by atoms with E-state index in [-0.39, 0.29) is 5.95 Å². The third kappa shape index (κ3) is 4.02. The summed E-state index contributed by atoms with van der Waals surface area (Å²) in [6, 6.07) is 0. The van der Waals surface area contributed by atoms with Crippen molar-refractivity contribution in [1.82, 2.24) is 20.2 Å². The first-order chi connectivity index (χ1) is 10.3. The minimum Gasteiger partial charge on any atom is -0.380 e. The maximum absolute atomic E-state index is 5.77. The SMILES string of the molecule is CCOCCN(CCOCC)c1nc(N)nc2[nH]ncc12. The second kappa shape index (κ2) is 7.75. The normalized spacial score (nSPS) is 11.1. The Hall–Kier alpha value is -1.93. The number of hydrogen-bond donors (Lipinski definition) is 2. The predicted molar refractivity (Wildman–Crippen MR) is 81.3 cm³/mol. The van der Waals surface area contributed by atoms with Crippen LogP contribution in [0, 0.1) is 0 Å². The molecule has 0 atom stereocenters. The molecule has 0 aliphatic rings. The summed E-state index contributed by atoms with van der Waals surface area (Å²) < 4.78 is 10.9. The van der Waals surface area contributed by atoms with Gasteiger partial charge in [-0.1, -0.05) is 0 Å². The molecule has 2 aromatic rings. The number of H-pyrrole nitrogens is 1. The first kappa shape index (κ1) is 15.5. The fraction of sp³-hybridized carbons (Fsp3) is 0.615. The van der Waals surface area contributed by atoms with Crippen molar-refractivity contribution < 1.29 is 9.47 Å². The Morgan fingerprint density at radius 2 is 1.81 bits per heavy atom. The van der Waals surface area contributed by atoms with Crippen LogP contribution in [0.4, 0.5) is 11.8 Å². The molecule has 3 N–H and O–H groups in total. The van der Waals surface area contributed by atoms with Crippen LogP contribution in [0.15, 0.2) is 6.20 Å². The van der Waals surface area contributed by atoms with Gasteiger partial charge in [0.2, 0.25) is 5.95 Å². The molecule has 21 heavy (non-hydrogen) atoms. The van der Waals surface area contributed by atoms with E-state index in [9.17, 15) is 0 Å². The Bertz CT molecular complexity index is 549. The molecule has 0 amide bonds. The third-order valence-corrected chi connectivity index (χ3v) is 3.03. The van der Waals surface area contributed by atoms with Gasteiger partial charge in [-0.2, -0.15) is 15.1 Å². The summed E-state index contributed by atoms with van der Waals surface area (Å²) >= 11 is 0. The highest BCUT2D eigenvalue weighted by Crippen LogP contribution is 2.22. The standard InChI is InChI=1S/C13H22N6O2/c1-3-20-7-5-19(6-8-21-4-2)12-10-9-15-18-11(10)16-13(14)17-12/h9H,3-8H2,1-2H3,(H3,14,15,16,17,18). The van der Waals surface area contributed by atoms with Gasteiger partial charge in [-0.3, -0.25) is 5.10 Å². The molecule has 116 valence electrons. The van der Waals surface area contributed by atoms with Crippen molar-refractivity contribution >= 4 is 22.8 Å². The predicted octanol–water partition coefficient (Wildman–Crippen LogP) is 0.815. The van der Waals surface area contributed by atoms with E-state index in [2.05, 4.69) is 25.1 Å². The van der Waals surface area contributed by atoms with Crippen molar-refractivity contribution in [2.24, 2.45) is 0 Å². The topological polar surface area (TPSA) is 102 Å². The quantitative estimate of drug-likeness (QED) is 0.660. The molecule has 0 aromatic carbocycles. The van der Waals surface area contributed by atoms with Crippen LogP contribution >= 0.6 is 0 Å². The Kier molecular flexibility index (Phi) is 5.70. The molecule has 0 bridgehead atoms. The van der Waals surface area contributed by atoms with E-state index >= 15 is 0 Å². The van der Waals surface area contributed by atoms with E-state index in [4.69, 9.17) is 15.2 Å². The minimum absolute atomic E-state index is 0.222. The van der Waals surface area contributed by atoms with Gasteiger partial charge in [0.25, 0.3) is 0 Å². The van der Waals surface area contributed by atoms with Gasteiger partial charge in [0, 0.05) is 26.3 Å². The lowest BCUT2D eigenvalue weighted by molar-refractivity contribution is 0.141. The van der Waals surface area contributed by atoms with E-state index in [1.54, 1.807) is 6.20 Å². The van der Waals surface area contributed by atoms with Crippen LogP contribution in [-0.4, -0.2) is 59.7 Å². The first-order valence-corrected chi connectivity index (χ1v) is 7.13. The molecular formula is C13H22N6O2. The lowest BCUT2D eigenvalue weighted by Gasteiger charge is -2.24. The van der Waals surface area contributed by atoms with E-state index in [1.807, 2.05) is 13.8 Å². The highest BCUT2D eigenvalue weighted by Gasteiger charge is 2.15. The fourth-order valence-electron chi connectivity index (χ4n) is 2.04. The summed E-state index contributed by atoms with van der Waals surface area (Å²) in [5.74, 6) is 0.977. The van der Waals surface area contributed by atoms with Gasteiger partial charge in [0.05, 0.1) is 24.8 Å². The minimum atomic E-state index is 0.222. The van der Waals surface area contributed by atoms with Crippen molar-refractivity contribution in [3.8, 4) is 0 Å². The van der Waals surface area contributed by atoms with E-state index in [0.29, 0.717) is 45.2 Å². The number of nitrogen functional groups attached to an aromatic ring is 1. The average molecular weight is 294 g/mol. The zero-order valence-electron chi connectivity index (χ0n) is 12.5. The average Bonchev–Trinajstić information content (AvgIpc) is 2.93. The number of ether oxygens (including phenoxy) is 2. The van der Waals surface area contributed by atoms with Crippen molar-refractivity contribution in [3.05, 3.63) is 6.20 Å². The summed E-state index contributed by atoms with van der Waals surface area (Å²) in [4.78, 5) is 10.6. The molecule has 0 radical (unpaired) electrons. The molecule has 2 aromatic heterocycles. The number of aromatic amines is 1. The fourth-order valence-corrected chi connectivity index (χ4v) is 2.04. The summed E-state index contributed by atoms with van der Waals surface area (Å²) in [6.07, 6.45) is 1.71. The van der Waals surface area contributed by atoms with Crippen molar-refractivity contribution in [1.29, 1.82) is 0 Å². The van der Waals surface area contributed by atoms with Gasteiger partial charge in [0.1, 0.15) is 5.82 Å². The van der Waals surface area contributed by atoms with Gasteiger partial charge < -0.3 is 20.1 Å². The second-order valence-corrected chi connectivity index (χ2v) is 4.42. The van der Waals surface area contributed by atoms with Crippen LogP contribution < -0.4 is 10.6 Å². The molecule has 8 heteroatoms. The van der Waals surface area contributed by atoms with Crippen molar-refractivity contribution in [2.45, 2.75) is 13.8 Å².